The van der Waals surface area contributed by atoms with Crippen LogP contribution in [0.25, 0.3) is 6.08 Å². The van der Waals surface area contributed by atoms with Gasteiger partial charge in [-0.25, -0.2) is 9.59 Å². The Morgan fingerprint density at radius 1 is 1.23 bits per heavy atom. The van der Waals surface area contributed by atoms with Crippen LogP contribution < -0.4 is 14.8 Å². The number of carbonyl (C=O) groups excluding carboxylic acids is 4. The minimum absolute atomic E-state index is 0.0432. The summed E-state index contributed by atoms with van der Waals surface area (Å²) in [4.78, 5) is 49.0. The lowest BCUT2D eigenvalue weighted by Gasteiger charge is -2.12. The van der Waals surface area contributed by atoms with Crippen molar-refractivity contribution in [3.63, 3.8) is 0 Å². The van der Waals surface area contributed by atoms with Gasteiger partial charge in [0.25, 0.3) is 5.91 Å². The molecule has 0 atom stereocenters. The van der Waals surface area contributed by atoms with Crippen LogP contribution in [-0.4, -0.2) is 43.0 Å². The van der Waals surface area contributed by atoms with E-state index >= 15 is 0 Å². The van der Waals surface area contributed by atoms with Gasteiger partial charge in [-0.15, -0.1) is 0 Å². The molecule has 162 valence electrons. The quantitative estimate of drug-likeness (QED) is 0.282. The number of methoxy groups -OCH3 is 2. The molecule has 11 heteroatoms. The third-order valence-electron chi connectivity index (χ3n) is 4.14. The molecule has 31 heavy (non-hydrogen) atoms. The van der Waals surface area contributed by atoms with Gasteiger partial charge in [0.2, 0.25) is 5.76 Å². The summed E-state index contributed by atoms with van der Waals surface area (Å²) < 4.78 is 20.9. The van der Waals surface area contributed by atoms with Crippen LogP contribution >= 0.6 is 15.9 Å². The summed E-state index contributed by atoms with van der Waals surface area (Å²) in [6.07, 6.45) is 1.37. The van der Waals surface area contributed by atoms with Crippen molar-refractivity contribution < 1.29 is 37.8 Å². The predicted octanol–water partition coefficient (Wildman–Crippen LogP) is 2.86. The lowest BCUT2D eigenvalue weighted by atomic mass is 10.1. The highest BCUT2D eigenvalue weighted by molar-refractivity contribution is 9.10. The van der Waals surface area contributed by atoms with Crippen molar-refractivity contribution in [3.8, 4) is 11.5 Å². The molecule has 1 aromatic carbocycles. The predicted molar refractivity (Wildman–Crippen MR) is 109 cm³/mol. The number of halogens is 1. The fourth-order valence-corrected chi connectivity index (χ4v) is 3.25. The first-order valence-corrected chi connectivity index (χ1v) is 9.60. The van der Waals surface area contributed by atoms with Crippen molar-refractivity contribution >= 4 is 45.9 Å². The number of benzene rings is 1. The zero-order valence-electron chi connectivity index (χ0n) is 16.7. The third-order valence-corrected chi connectivity index (χ3v) is 4.60. The highest BCUT2D eigenvalue weighted by Crippen LogP contribution is 2.36. The van der Waals surface area contributed by atoms with Crippen LogP contribution in [-0.2, 0) is 20.9 Å². The number of amides is 3. The van der Waals surface area contributed by atoms with Crippen LogP contribution in [0.15, 0.2) is 38.9 Å². The summed E-state index contributed by atoms with van der Waals surface area (Å²) in [6, 6.07) is 5.37. The van der Waals surface area contributed by atoms with E-state index in [1.165, 1.54) is 39.4 Å². The number of imide groups is 1. The zero-order valence-corrected chi connectivity index (χ0v) is 18.3. The summed E-state index contributed by atoms with van der Waals surface area (Å²) >= 11 is 3.32. The number of esters is 2. The maximum Gasteiger partial charge on any atom is 0.373 e. The number of furan rings is 1. The van der Waals surface area contributed by atoms with Crippen LogP contribution in [0.2, 0.25) is 0 Å². The van der Waals surface area contributed by atoms with E-state index in [-0.39, 0.29) is 35.3 Å². The standard InChI is InChI=1S/C20H17BrN2O8/c1-10(24)30-17-11(6-12(21)8-16(17)28-2)7-14-18(25)23(20(27)22-14)9-13-4-5-15(31-13)19(26)29-3/h4-8H,9H2,1-3H3,(H,22,27)/b14-7-. The van der Waals surface area contributed by atoms with Gasteiger partial charge in [0.15, 0.2) is 11.5 Å². The Hall–Kier alpha value is -3.60. The number of nitrogens with one attached hydrogen (secondary N) is 1. The number of hydrogen-bond donors (Lipinski definition) is 1. The number of ether oxygens (including phenoxy) is 3. The maximum absolute atomic E-state index is 12.8. The average Bonchev–Trinajstić information content (AvgIpc) is 3.29. The van der Waals surface area contributed by atoms with Gasteiger partial charge < -0.3 is 23.9 Å². The fourth-order valence-electron chi connectivity index (χ4n) is 2.80. The second kappa shape index (κ2) is 9.04. The molecule has 0 radical (unpaired) electrons. The molecule has 0 spiro atoms. The molecule has 1 aromatic heterocycles. The second-order valence-corrected chi connectivity index (χ2v) is 7.17. The minimum Gasteiger partial charge on any atom is -0.493 e. The van der Waals surface area contributed by atoms with Crippen molar-refractivity contribution in [2.75, 3.05) is 14.2 Å². The number of hydrogen-bond acceptors (Lipinski definition) is 8. The molecule has 0 unspecified atom stereocenters. The van der Waals surface area contributed by atoms with Gasteiger partial charge in [-0.2, -0.15) is 0 Å². The highest BCUT2D eigenvalue weighted by Gasteiger charge is 2.35. The molecule has 0 saturated carbocycles. The van der Waals surface area contributed by atoms with E-state index in [0.29, 0.717) is 10.0 Å². The summed E-state index contributed by atoms with van der Waals surface area (Å²) in [7, 11) is 2.61. The SMILES string of the molecule is COC(=O)c1ccc(CN2C(=O)N/C(=C\c3cc(Br)cc(OC)c3OC(C)=O)C2=O)o1. The Morgan fingerprint density at radius 3 is 2.61 bits per heavy atom. The Kier molecular flexibility index (Phi) is 6.44. The summed E-state index contributed by atoms with van der Waals surface area (Å²) in [6.45, 7) is 1.03. The van der Waals surface area contributed by atoms with Gasteiger partial charge >= 0.3 is 18.0 Å². The van der Waals surface area contributed by atoms with E-state index in [1.807, 2.05) is 0 Å². The van der Waals surface area contributed by atoms with Gasteiger partial charge in [-0.1, -0.05) is 15.9 Å². The lowest BCUT2D eigenvalue weighted by molar-refractivity contribution is -0.132. The lowest BCUT2D eigenvalue weighted by Crippen LogP contribution is -2.30. The second-order valence-electron chi connectivity index (χ2n) is 6.26. The van der Waals surface area contributed by atoms with E-state index in [0.717, 1.165) is 4.90 Å². The number of nitrogens with zero attached hydrogens (tertiary/aromatic N) is 1. The molecule has 10 nitrogen and oxygen atoms in total. The van der Waals surface area contributed by atoms with E-state index in [2.05, 4.69) is 26.0 Å². The van der Waals surface area contributed by atoms with Gasteiger partial charge in [0.05, 0.1) is 20.8 Å². The molecule has 0 bridgehead atoms. The number of urea groups is 1. The van der Waals surface area contributed by atoms with E-state index < -0.39 is 23.9 Å². The summed E-state index contributed by atoms with van der Waals surface area (Å²) in [5, 5.41) is 2.47. The fraction of sp³-hybridized carbons (Fsp3) is 0.200. The van der Waals surface area contributed by atoms with Crippen molar-refractivity contribution in [3.05, 3.63) is 51.5 Å². The first-order chi connectivity index (χ1) is 14.7. The molecule has 3 amide bonds. The third kappa shape index (κ3) is 4.77. The Morgan fingerprint density at radius 2 is 1.97 bits per heavy atom. The molecule has 1 fully saturated rings. The van der Waals surface area contributed by atoms with E-state index in [1.54, 1.807) is 12.1 Å². The first-order valence-electron chi connectivity index (χ1n) is 8.81. The van der Waals surface area contributed by atoms with Gasteiger partial charge in [-0.3, -0.25) is 14.5 Å². The summed E-state index contributed by atoms with van der Waals surface area (Å²) in [5.74, 6) is -1.36. The van der Waals surface area contributed by atoms with Crippen molar-refractivity contribution in [1.29, 1.82) is 0 Å². The smallest absolute Gasteiger partial charge is 0.373 e. The topological polar surface area (TPSA) is 124 Å². The molecule has 2 aromatic rings. The van der Waals surface area contributed by atoms with Crippen LogP contribution in [0, 0.1) is 0 Å². The van der Waals surface area contributed by atoms with Crippen molar-refractivity contribution in [2.45, 2.75) is 13.5 Å². The number of carbonyl (C=O) groups is 4. The van der Waals surface area contributed by atoms with Gasteiger partial charge in [-0.05, 0) is 30.3 Å². The van der Waals surface area contributed by atoms with E-state index in [4.69, 9.17) is 13.9 Å². The maximum atomic E-state index is 12.8. The van der Waals surface area contributed by atoms with Crippen molar-refractivity contribution in [1.82, 2.24) is 10.2 Å². The molecule has 3 rings (SSSR count). The van der Waals surface area contributed by atoms with E-state index in [9.17, 15) is 19.2 Å². The zero-order chi connectivity index (χ0) is 22.7. The molecule has 1 aliphatic rings. The highest BCUT2D eigenvalue weighted by atomic mass is 79.9. The molecule has 2 heterocycles. The molecule has 1 N–H and O–H groups in total. The van der Waals surface area contributed by atoms with Crippen LogP contribution in [0.4, 0.5) is 4.79 Å². The normalized spacial score (nSPS) is 14.6. The molecule has 0 aliphatic carbocycles. The molecule has 1 aliphatic heterocycles. The Labute approximate surface area is 184 Å². The minimum atomic E-state index is -0.678. The van der Waals surface area contributed by atoms with Gasteiger partial charge in [0.1, 0.15) is 11.5 Å². The Bertz CT molecular complexity index is 1100. The first kappa shape index (κ1) is 22.1. The van der Waals surface area contributed by atoms with Crippen LogP contribution in [0.1, 0.15) is 28.8 Å². The van der Waals surface area contributed by atoms with Gasteiger partial charge in [0, 0.05) is 17.0 Å². The largest absolute Gasteiger partial charge is 0.493 e. The summed E-state index contributed by atoms with van der Waals surface area (Å²) in [5.41, 5.74) is 0.288. The number of rotatable bonds is 6. The van der Waals surface area contributed by atoms with Crippen LogP contribution in [0.5, 0.6) is 11.5 Å². The molecular weight excluding hydrogens is 476 g/mol. The monoisotopic (exact) mass is 492 g/mol. The Balaban J connectivity index is 1.90. The van der Waals surface area contributed by atoms with Crippen LogP contribution in [0.3, 0.4) is 0 Å². The molecule has 1 saturated heterocycles. The van der Waals surface area contributed by atoms with Crippen molar-refractivity contribution in [2.24, 2.45) is 0 Å². The average molecular weight is 493 g/mol. The molecular formula is C20H17BrN2O8.